The number of imidazole rings is 1. The molecule has 0 bridgehead atoms. The van der Waals surface area contributed by atoms with Crippen LogP contribution in [0.15, 0.2) is 73.2 Å². The third-order valence-electron chi connectivity index (χ3n) is 6.92. The molecule has 5 heterocycles. The highest BCUT2D eigenvalue weighted by molar-refractivity contribution is 5.97. The van der Waals surface area contributed by atoms with Gasteiger partial charge in [-0.25, -0.2) is 9.37 Å². The summed E-state index contributed by atoms with van der Waals surface area (Å²) in [5.74, 6) is 1.06. The van der Waals surface area contributed by atoms with E-state index in [1.54, 1.807) is 18.5 Å². The van der Waals surface area contributed by atoms with E-state index < -0.39 is 0 Å². The van der Waals surface area contributed by atoms with Crippen LogP contribution in [0, 0.1) is 5.82 Å². The second-order valence-electron chi connectivity index (χ2n) is 9.46. The SMILES string of the molecule is Fc1cccc(-c2nccc3[nH]c(-c4n[nH]c5ccc(-c6cncc(OC7CCNCC7)c6)cc45)nc23)c1. The molecule has 0 unspecified atom stereocenters. The average molecular weight is 506 g/mol. The fourth-order valence-corrected chi connectivity index (χ4v) is 5.02. The van der Waals surface area contributed by atoms with Gasteiger partial charge in [-0.15, -0.1) is 0 Å². The van der Waals surface area contributed by atoms with Crippen LogP contribution in [0.3, 0.4) is 0 Å². The van der Waals surface area contributed by atoms with Gasteiger partial charge < -0.3 is 15.0 Å². The minimum Gasteiger partial charge on any atom is -0.489 e. The summed E-state index contributed by atoms with van der Waals surface area (Å²) in [6, 6.07) is 16.4. The first-order valence-electron chi connectivity index (χ1n) is 12.6. The molecule has 9 heteroatoms. The summed E-state index contributed by atoms with van der Waals surface area (Å²) in [5.41, 5.74) is 6.29. The lowest BCUT2D eigenvalue weighted by Crippen LogP contribution is -2.34. The molecule has 2 aromatic carbocycles. The van der Waals surface area contributed by atoms with E-state index in [9.17, 15) is 4.39 Å². The summed E-state index contributed by atoms with van der Waals surface area (Å²) in [5, 5.41) is 12.0. The van der Waals surface area contributed by atoms with Crippen LogP contribution >= 0.6 is 0 Å². The van der Waals surface area contributed by atoms with Gasteiger partial charge in [-0.1, -0.05) is 18.2 Å². The van der Waals surface area contributed by atoms with Crippen molar-refractivity contribution in [3.8, 4) is 39.7 Å². The van der Waals surface area contributed by atoms with E-state index in [1.807, 2.05) is 36.5 Å². The van der Waals surface area contributed by atoms with Crippen LogP contribution in [0.25, 0.3) is 55.8 Å². The highest BCUT2D eigenvalue weighted by Crippen LogP contribution is 2.33. The number of hydrogen-bond acceptors (Lipinski definition) is 6. The number of halogens is 1. The summed E-state index contributed by atoms with van der Waals surface area (Å²) in [6.45, 7) is 1.94. The van der Waals surface area contributed by atoms with E-state index in [0.29, 0.717) is 28.3 Å². The molecule has 1 aliphatic heterocycles. The topological polar surface area (TPSA) is 104 Å². The minimum absolute atomic E-state index is 0.205. The number of H-pyrrole nitrogens is 2. The van der Waals surface area contributed by atoms with Gasteiger partial charge in [-0.3, -0.25) is 15.1 Å². The van der Waals surface area contributed by atoms with Crippen molar-refractivity contribution in [2.45, 2.75) is 18.9 Å². The van der Waals surface area contributed by atoms with Gasteiger partial charge in [-0.2, -0.15) is 5.10 Å². The van der Waals surface area contributed by atoms with Crippen LogP contribution in [0.1, 0.15) is 12.8 Å². The molecule has 0 saturated carbocycles. The molecule has 6 aromatic rings. The molecule has 7 rings (SSSR count). The number of benzene rings is 2. The van der Waals surface area contributed by atoms with E-state index in [1.165, 1.54) is 12.1 Å². The quantitative estimate of drug-likeness (QED) is 0.286. The van der Waals surface area contributed by atoms with Gasteiger partial charge in [0.15, 0.2) is 5.82 Å². The first-order chi connectivity index (χ1) is 18.7. The van der Waals surface area contributed by atoms with Crippen LogP contribution in [0.2, 0.25) is 0 Å². The fraction of sp³-hybridized carbons (Fsp3) is 0.172. The summed E-state index contributed by atoms with van der Waals surface area (Å²) in [7, 11) is 0. The van der Waals surface area contributed by atoms with Crippen molar-refractivity contribution in [1.82, 2.24) is 35.5 Å². The zero-order valence-electron chi connectivity index (χ0n) is 20.4. The van der Waals surface area contributed by atoms with Crippen LogP contribution in [-0.2, 0) is 0 Å². The number of hydrogen-bond donors (Lipinski definition) is 3. The number of pyridine rings is 2. The minimum atomic E-state index is -0.317. The lowest BCUT2D eigenvalue weighted by molar-refractivity contribution is 0.162. The Kier molecular flexibility index (Phi) is 5.55. The van der Waals surface area contributed by atoms with Crippen molar-refractivity contribution >= 4 is 21.9 Å². The van der Waals surface area contributed by atoms with Crippen molar-refractivity contribution in [1.29, 1.82) is 0 Å². The lowest BCUT2D eigenvalue weighted by atomic mass is 10.0. The molecule has 0 aliphatic carbocycles. The molecule has 8 nitrogen and oxygen atoms in total. The third kappa shape index (κ3) is 4.16. The van der Waals surface area contributed by atoms with Gasteiger partial charge in [0.25, 0.3) is 0 Å². The molecule has 1 saturated heterocycles. The largest absolute Gasteiger partial charge is 0.489 e. The predicted molar refractivity (Wildman–Crippen MR) is 144 cm³/mol. The Bertz CT molecular complexity index is 1770. The maximum absolute atomic E-state index is 13.9. The highest BCUT2D eigenvalue weighted by Gasteiger charge is 2.18. The monoisotopic (exact) mass is 505 g/mol. The second-order valence-corrected chi connectivity index (χ2v) is 9.46. The van der Waals surface area contributed by atoms with Gasteiger partial charge in [0.05, 0.1) is 22.9 Å². The summed E-state index contributed by atoms with van der Waals surface area (Å²) in [6.07, 6.45) is 7.48. The van der Waals surface area contributed by atoms with Crippen LogP contribution < -0.4 is 10.1 Å². The van der Waals surface area contributed by atoms with Crippen molar-refractivity contribution in [3.63, 3.8) is 0 Å². The van der Waals surface area contributed by atoms with E-state index in [0.717, 1.165) is 59.2 Å². The summed E-state index contributed by atoms with van der Waals surface area (Å²) < 4.78 is 20.1. The van der Waals surface area contributed by atoms with Crippen LogP contribution in [0.4, 0.5) is 4.39 Å². The number of aromatic amines is 2. The van der Waals surface area contributed by atoms with Gasteiger partial charge >= 0.3 is 0 Å². The lowest BCUT2D eigenvalue weighted by Gasteiger charge is -2.23. The zero-order valence-corrected chi connectivity index (χ0v) is 20.4. The van der Waals surface area contributed by atoms with E-state index in [4.69, 9.17) is 9.72 Å². The second kappa shape index (κ2) is 9.35. The fourth-order valence-electron chi connectivity index (χ4n) is 5.02. The van der Waals surface area contributed by atoms with E-state index >= 15 is 0 Å². The highest BCUT2D eigenvalue weighted by atomic mass is 19.1. The van der Waals surface area contributed by atoms with Crippen molar-refractivity contribution in [2.24, 2.45) is 0 Å². The van der Waals surface area contributed by atoms with Crippen molar-refractivity contribution < 1.29 is 9.13 Å². The molecule has 0 amide bonds. The summed E-state index contributed by atoms with van der Waals surface area (Å²) in [4.78, 5) is 17.1. The molecule has 0 radical (unpaired) electrons. The molecule has 0 spiro atoms. The Morgan fingerprint density at radius 2 is 1.79 bits per heavy atom. The van der Waals surface area contributed by atoms with Crippen LogP contribution in [-0.4, -0.2) is 49.3 Å². The van der Waals surface area contributed by atoms with Gasteiger partial charge in [0.2, 0.25) is 0 Å². The standard InChI is InChI=1S/C29H24FN7O/c30-20-3-1-2-18(12-20)26-28-25(8-11-33-26)34-29(35-28)27-23-14-17(4-5-24(23)36-37-27)19-13-22(16-32-15-19)38-21-6-9-31-10-7-21/h1-5,8,11-16,21,31H,6-7,9-10H2,(H,34,35)(H,36,37). The molecule has 1 fully saturated rings. The van der Waals surface area contributed by atoms with E-state index in [2.05, 4.69) is 36.5 Å². The smallest absolute Gasteiger partial charge is 0.159 e. The zero-order chi connectivity index (χ0) is 25.5. The van der Waals surface area contributed by atoms with E-state index in [-0.39, 0.29) is 11.9 Å². The number of fused-ring (bicyclic) bond motifs is 2. The van der Waals surface area contributed by atoms with Crippen molar-refractivity contribution in [2.75, 3.05) is 13.1 Å². The summed E-state index contributed by atoms with van der Waals surface area (Å²) >= 11 is 0. The molecular weight excluding hydrogens is 481 g/mol. The maximum atomic E-state index is 13.9. The number of piperidine rings is 1. The number of nitrogens with one attached hydrogen (secondary N) is 3. The van der Waals surface area contributed by atoms with Crippen molar-refractivity contribution in [3.05, 3.63) is 79.0 Å². The van der Waals surface area contributed by atoms with Gasteiger partial charge in [0.1, 0.15) is 28.9 Å². The molecule has 0 atom stereocenters. The Labute approximate surface area is 217 Å². The van der Waals surface area contributed by atoms with Crippen LogP contribution in [0.5, 0.6) is 5.75 Å². The maximum Gasteiger partial charge on any atom is 0.159 e. The molecule has 188 valence electrons. The molecule has 4 aromatic heterocycles. The average Bonchev–Trinajstić information content (AvgIpc) is 3.57. The molecule has 38 heavy (non-hydrogen) atoms. The Hall–Kier alpha value is -4.63. The molecule has 3 N–H and O–H groups in total. The third-order valence-corrected chi connectivity index (χ3v) is 6.92. The first kappa shape index (κ1) is 22.6. The first-order valence-corrected chi connectivity index (χ1v) is 12.6. The predicted octanol–water partition coefficient (Wildman–Crippen LogP) is 5.50. The Balaban J connectivity index is 1.26. The normalized spacial score (nSPS) is 14.3. The number of ether oxygens (including phenoxy) is 1. The Morgan fingerprint density at radius 3 is 2.68 bits per heavy atom. The Morgan fingerprint density at radius 1 is 0.868 bits per heavy atom. The number of aromatic nitrogens is 6. The van der Waals surface area contributed by atoms with Gasteiger partial charge in [0, 0.05) is 28.9 Å². The number of nitrogens with zero attached hydrogens (tertiary/aromatic N) is 4. The molecular formula is C29H24FN7O. The number of rotatable bonds is 5. The van der Waals surface area contributed by atoms with Gasteiger partial charge in [-0.05, 0) is 67.9 Å². The molecule has 1 aliphatic rings.